The van der Waals surface area contributed by atoms with Gasteiger partial charge in [-0.2, -0.15) is 13.2 Å². The fourth-order valence-electron chi connectivity index (χ4n) is 3.20. The van der Waals surface area contributed by atoms with Gasteiger partial charge in [0.15, 0.2) is 0 Å². The van der Waals surface area contributed by atoms with Crippen molar-refractivity contribution in [1.82, 2.24) is 5.32 Å². The average Bonchev–Trinajstić information content (AvgIpc) is 2.77. The van der Waals surface area contributed by atoms with E-state index in [0.717, 1.165) is 11.1 Å². The second kappa shape index (κ2) is 10.1. The van der Waals surface area contributed by atoms with Crippen LogP contribution < -0.4 is 5.32 Å². The standard InChI is InChI=1S/C23H22F3NO4/c24-23(25,26)22(29)27-18-11-12-19(21(28)31-15-17-9-5-2-6-10-17)20(13-18)30-14-16-7-3-1-4-8-16/h1-10,13,18-19H,11-12,14-15H2,(H,27,29). The highest BCUT2D eigenvalue weighted by atomic mass is 19.4. The zero-order valence-corrected chi connectivity index (χ0v) is 16.6. The van der Waals surface area contributed by atoms with Crippen LogP contribution in [0.2, 0.25) is 0 Å². The molecule has 0 heterocycles. The summed E-state index contributed by atoms with van der Waals surface area (Å²) in [4.78, 5) is 24.0. The maximum atomic E-state index is 12.7. The summed E-state index contributed by atoms with van der Waals surface area (Å²) in [6.45, 7) is 0.214. The smallest absolute Gasteiger partial charge is 0.471 e. The van der Waals surface area contributed by atoms with Gasteiger partial charge in [0.2, 0.25) is 0 Å². The molecule has 2 unspecified atom stereocenters. The number of benzene rings is 2. The van der Waals surface area contributed by atoms with Crippen LogP contribution in [-0.2, 0) is 32.3 Å². The minimum absolute atomic E-state index is 0.0797. The Labute approximate surface area is 177 Å². The Bertz CT molecular complexity index is 913. The molecule has 164 valence electrons. The summed E-state index contributed by atoms with van der Waals surface area (Å²) in [5, 5.41) is 1.93. The molecule has 1 aliphatic carbocycles. The molecule has 3 rings (SSSR count). The van der Waals surface area contributed by atoms with Gasteiger partial charge in [-0.3, -0.25) is 9.59 Å². The van der Waals surface area contributed by atoms with E-state index in [-0.39, 0.29) is 31.8 Å². The zero-order valence-electron chi connectivity index (χ0n) is 16.6. The Kier molecular flexibility index (Phi) is 7.33. The number of alkyl halides is 3. The van der Waals surface area contributed by atoms with Crippen molar-refractivity contribution in [2.24, 2.45) is 5.92 Å². The lowest BCUT2D eigenvalue weighted by Crippen LogP contribution is -2.44. The van der Waals surface area contributed by atoms with Crippen LogP contribution in [-0.4, -0.2) is 24.1 Å². The normalized spacial score (nSPS) is 18.6. The molecule has 1 N–H and O–H groups in total. The molecule has 2 aromatic rings. The van der Waals surface area contributed by atoms with E-state index in [1.807, 2.05) is 66.0 Å². The summed E-state index contributed by atoms with van der Waals surface area (Å²) in [7, 11) is 0. The molecule has 0 saturated carbocycles. The molecule has 8 heteroatoms. The van der Waals surface area contributed by atoms with Gasteiger partial charge in [-0.15, -0.1) is 0 Å². The highest BCUT2D eigenvalue weighted by Crippen LogP contribution is 2.29. The van der Waals surface area contributed by atoms with Gasteiger partial charge >= 0.3 is 18.1 Å². The van der Waals surface area contributed by atoms with E-state index in [9.17, 15) is 22.8 Å². The molecule has 2 atom stereocenters. The van der Waals surface area contributed by atoms with Crippen molar-refractivity contribution in [2.75, 3.05) is 0 Å². The van der Waals surface area contributed by atoms with Crippen LogP contribution in [0.5, 0.6) is 0 Å². The van der Waals surface area contributed by atoms with E-state index in [0.29, 0.717) is 0 Å². The lowest BCUT2D eigenvalue weighted by molar-refractivity contribution is -0.174. The molecule has 1 aliphatic rings. The van der Waals surface area contributed by atoms with Gasteiger partial charge in [0, 0.05) is 0 Å². The molecular formula is C23H22F3NO4. The number of carbonyl (C=O) groups is 2. The van der Waals surface area contributed by atoms with Gasteiger partial charge < -0.3 is 14.8 Å². The Morgan fingerprint density at radius 2 is 1.48 bits per heavy atom. The number of halogens is 3. The van der Waals surface area contributed by atoms with E-state index in [1.54, 1.807) is 0 Å². The van der Waals surface area contributed by atoms with Crippen LogP contribution in [0, 0.1) is 5.92 Å². The highest BCUT2D eigenvalue weighted by Gasteiger charge is 2.41. The van der Waals surface area contributed by atoms with Crippen molar-refractivity contribution in [3.8, 4) is 0 Å². The molecule has 0 saturated heterocycles. The number of amides is 1. The Morgan fingerprint density at radius 3 is 2.06 bits per heavy atom. The van der Waals surface area contributed by atoms with Crippen LogP contribution in [0.15, 0.2) is 72.5 Å². The number of esters is 1. The molecule has 31 heavy (non-hydrogen) atoms. The predicted octanol–water partition coefficient (Wildman–Crippen LogP) is 4.29. The zero-order chi connectivity index (χ0) is 22.3. The fourth-order valence-corrected chi connectivity index (χ4v) is 3.20. The van der Waals surface area contributed by atoms with E-state index in [1.165, 1.54) is 6.08 Å². The van der Waals surface area contributed by atoms with Gasteiger partial charge in [-0.05, 0) is 30.0 Å². The lowest BCUT2D eigenvalue weighted by atomic mass is 9.90. The first-order valence-corrected chi connectivity index (χ1v) is 9.79. The molecule has 0 fully saturated rings. The largest absolute Gasteiger partial charge is 0.493 e. The summed E-state index contributed by atoms with van der Waals surface area (Å²) in [5.74, 6) is -3.11. The van der Waals surface area contributed by atoms with Crippen molar-refractivity contribution in [2.45, 2.75) is 38.3 Å². The van der Waals surface area contributed by atoms with Crippen molar-refractivity contribution in [3.63, 3.8) is 0 Å². The average molecular weight is 433 g/mol. The van der Waals surface area contributed by atoms with Crippen molar-refractivity contribution in [3.05, 3.63) is 83.6 Å². The minimum atomic E-state index is -4.98. The molecule has 0 radical (unpaired) electrons. The Morgan fingerprint density at radius 1 is 0.903 bits per heavy atom. The monoisotopic (exact) mass is 433 g/mol. The van der Waals surface area contributed by atoms with Crippen molar-refractivity contribution in [1.29, 1.82) is 0 Å². The van der Waals surface area contributed by atoms with Crippen LogP contribution in [0.4, 0.5) is 13.2 Å². The highest BCUT2D eigenvalue weighted by molar-refractivity contribution is 5.82. The van der Waals surface area contributed by atoms with Gasteiger partial charge in [-0.25, -0.2) is 0 Å². The van der Waals surface area contributed by atoms with E-state index < -0.39 is 30.0 Å². The third kappa shape index (κ3) is 6.60. The Hall–Kier alpha value is -3.29. The molecule has 0 spiro atoms. The summed E-state index contributed by atoms with van der Waals surface area (Å²) in [6, 6.07) is 17.4. The number of hydrogen-bond donors (Lipinski definition) is 1. The summed E-state index contributed by atoms with van der Waals surface area (Å²) in [6.07, 6.45) is -3.27. The van der Waals surface area contributed by atoms with E-state index >= 15 is 0 Å². The molecule has 0 aromatic heterocycles. The first-order chi connectivity index (χ1) is 14.8. The van der Waals surface area contributed by atoms with Crippen LogP contribution in [0.1, 0.15) is 24.0 Å². The number of carbonyl (C=O) groups excluding carboxylic acids is 2. The quantitative estimate of drug-likeness (QED) is 0.662. The molecule has 0 aliphatic heterocycles. The summed E-state index contributed by atoms with van der Waals surface area (Å²) >= 11 is 0. The summed E-state index contributed by atoms with van der Waals surface area (Å²) in [5.41, 5.74) is 1.65. The topological polar surface area (TPSA) is 64.6 Å². The third-order valence-corrected chi connectivity index (χ3v) is 4.81. The first-order valence-electron chi connectivity index (χ1n) is 9.79. The van der Waals surface area contributed by atoms with E-state index in [4.69, 9.17) is 9.47 Å². The van der Waals surface area contributed by atoms with Gasteiger partial charge in [-0.1, -0.05) is 60.7 Å². The summed E-state index contributed by atoms with van der Waals surface area (Å²) < 4.78 is 49.0. The predicted molar refractivity (Wildman–Crippen MR) is 106 cm³/mol. The second-order valence-electron chi connectivity index (χ2n) is 7.14. The van der Waals surface area contributed by atoms with Crippen molar-refractivity contribution >= 4 is 11.9 Å². The molecule has 0 bridgehead atoms. The molecule has 2 aromatic carbocycles. The van der Waals surface area contributed by atoms with Gasteiger partial charge in [0.05, 0.1) is 6.04 Å². The number of hydrogen-bond acceptors (Lipinski definition) is 4. The van der Waals surface area contributed by atoms with Gasteiger partial charge in [0.1, 0.15) is 24.9 Å². The lowest BCUT2D eigenvalue weighted by Gasteiger charge is -2.28. The minimum Gasteiger partial charge on any atom is -0.493 e. The third-order valence-electron chi connectivity index (χ3n) is 4.81. The van der Waals surface area contributed by atoms with Crippen LogP contribution >= 0.6 is 0 Å². The van der Waals surface area contributed by atoms with E-state index in [2.05, 4.69) is 0 Å². The number of rotatable bonds is 7. The maximum Gasteiger partial charge on any atom is 0.471 e. The maximum absolute atomic E-state index is 12.7. The first kappa shape index (κ1) is 22.4. The van der Waals surface area contributed by atoms with Crippen LogP contribution in [0.3, 0.4) is 0 Å². The number of ether oxygens (including phenoxy) is 2. The molecule has 5 nitrogen and oxygen atoms in total. The second-order valence-corrected chi connectivity index (χ2v) is 7.14. The Balaban J connectivity index is 1.70. The number of nitrogens with one attached hydrogen (secondary N) is 1. The van der Waals surface area contributed by atoms with Crippen LogP contribution in [0.25, 0.3) is 0 Å². The SMILES string of the molecule is O=C(OCc1ccccc1)C1CCC(NC(=O)C(F)(F)F)C=C1OCc1ccccc1. The van der Waals surface area contributed by atoms with Gasteiger partial charge in [0.25, 0.3) is 0 Å². The molecular weight excluding hydrogens is 411 g/mol. The fraction of sp³-hybridized carbons (Fsp3) is 0.304. The molecule has 1 amide bonds. The van der Waals surface area contributed by atoms with Crippen molar-refractivity contribution < 1.29 is 32.2 Å².